The van der Waals surface area contributed by atoms with Crippen molar-refractivity contribution in [3.63, 3.8) is 0 Å². The van der Waals surface area contributed by atoms with Crippen LogP contribution in [0.5, 0.6) is 0 Å². The van der Waals surface area contributed by atoms with Crippen LogP contribution in [0.3, 0.4) is 0 Å². The lowest BCUT2D eigenvalue weighted by molar-refractivity contribution is -0.144. The molecule has 3 aromatic carbocycles. The third kappa shape index (κ3) is 6.98. The second-order valence-corrected chi connectivity index (χ2v) is 11.9. The van der Waals surface area contributed by atoms with E-state index in [1.807, 2.05) is 83.9 Å². The minimum atomic E-state index is -0.698. The van der Waals surface area contributed by atoms with Crippen LogP contribution in [0.25, 0.3) is 17.3 Å². The first-order valence-electron chi connectivity index (χ1n) is 14.7. The van der Waals surface area contributed by atoms with E-state index in [1.165, 1.54) is 16.9 Å². The number of aromatic nitrogens is 3. The number of hydrogen-bond acceptors (Lipinski definition) is 6. The van der Waals surface area contributed by atoms with E-state index in [4.69, 9.17) is 0 Å². The molecule has 0 fully saturated rings. The monoisotopic (exact) mass is 599 g/mol. The van der Waals surface area contributed by atoms with Crippen molar-refractivity contribution in [2.75, 3.05) is 6.54 Å². The zero-order valence-corrected chi connectivity index (χ0v) is 25.4. The average Bonchev–Trinajstić information content (AvgIpc) is 3.50. The SMILES string of the molecule is Cc1nc(C=CC(=O)N(Cc2ccc(-c3cnccn3)cc2)C(Cc2ccccc2)C(=O)N2CCc3ccccc3C2)cs1. The van der Waals surface area contributed by atoms with Crippen molar-refractivity contribution >= 4 is 29.2 Å². The zero-order valence-electron chi connectivity index (χ0n) is 24.5. The van der Waals surface area contributed by atoms with Crippen LogP contribution in [0.1, 0.15) is 33.0 Å². The topological polar surface area (TPSA) is 79.3 Å². The highest BCUT2D eigenvalue weighted by molar-refractivity contribution is 7.09. The van der Waals surface area contributed by atoms with Gasteiger partial charge in [-0.25, -0.2) is 4.98 Å². The largest absolute Gasteiger partial charge is 0.336 e. The van der Waals surface area contributed by atoms with E-state index in [1.54, 1.807) is 35.6 Å². The predicted octanol–water partition coefficient (Wildman–Crippen LogP) is 6.15. The summed E-state index contributed by atoms with van der Waals surface area (Å²) < 4.78 is 0. The molecule has 0 spiro atoms. The lowest BCUT2D eigenvalue weighted by Crippen LogP contribution is -2.52. The van der Waals surface area contributed by atoms with E-state index in [2.05, 4.69) is 27.1 Å². The molecular weight excluding hydrogens is 566 g/mol. The predicted molar refractivity (Wildman–Crippen MR) is 173 cm³/mol. The van der Waals surface area contributed by atoms with Crippen molar-refractivity contribution in [1.82, 2.24) is 24.8 Å². The Balaban J connectivity index is 1.34. The number of hydrogen-bond donors (Lipinski definition) is 0. The molecule has 220 valence electrons. The molecule has 2 amide bonds. The Morgan fingerprint density at radius 1 is 0.955 bits per heavy atom. The summed E-state index contributed by atoms with van der Waals surface area (Å²) in [6.07, 6.45) is 9.51. The molecule has 0 bridgehead atoms. The summed E-state index contributed by atoms with van der Waals surface area (Å²) >= 11 is 1.54. The summed E-state index contributed by atoms with van der Waals surface area (Å²) in [7, 11) is 0. The number of rotatable bonds is 9. The minimum Gasteiger partial charge on any atom is -0.336 e. The number of carbonyl (C=O) groups excluding carboxylic acids is 2. The van der Waals surface area contributed by atoms with E-state index in [9.17, 15) is 9.59 Å². The molecule has 2 aromatic heterocycles. The number of thiazole rings is 1. The summed E-state index contributed by atoms with van der Waals surface area (Å²) in [5.41, 5.74) is 6.78. The number of amides is 2. The van der Waals surface area contributed by atoms with Gasteiger partial charge in [0.2, 0.25) is 11.8 Å². The van der Waals surface area contributed by atoms with Gasteiger partial charge in [0.05, 0.1) is 22.6 Å². The van der Waals surface area contributed by atoms with E-state index >= 15 is 0 Å². The van der Waals surface area contributed by atoms with Gasteiger partial charge >= 0.3 is 0 Å². The first-order chi connectivity index (χ1) is 21.5. The van der Waals surface area contributed by atoms with Gasteiger partial charge in [0.15, 0.2) is 0 Å². The summed E-state index contributed by atoms with van der Waals surface area (Å²) in [6, 6.07) is 25.4. The second-order valence-electron chi connectivity index (χ2n) is 10.9. The molecule has 8 heteroatoms. The molecule has 5 aromatic rings. The second kappa shape index (κ2) is 13.6. The molecule has 6 rings (SSSR count). The lowest BCUT2D eigenvalue weighted by atomic mass is 9.97. The van der Waals surface area contributed by atoms with Crippen LogP contribution in [-0.2, 0) is 35.5 Å². The molecule has 1 aliphatic rings. The summed E-state index contributed by atoms with van der Waals surface area (Å²) in [4.78, 5) is 45.2. The standard InChI is InChI=1S/C36H33N5O2S/c1-26-39-32(25-44-26)15-16-35(42)41(23-28-11-13-30(14-12-28)33-22-37-18-19-38-33)34(21-27-7-3-2-4-8-27)36(43)40-20-17-29-9-5-6-10-31(29)24-40/h2-16,18-19,22,25,34H,17,20-21,23-24H2,1H3. The van der Waals surface area contributed by atoms with Crippen LogP contribution in [0.15, 0.2) is 109 Å². The number of nitrogens with zero attached hydrogens (tertiary/aromatic N) is 5. The summed E-state index contributed by atoms with van der Waals surface area (Å²) in [5, 5.41) is 2.85. The van der Waals surface area contributed by atoms with Crippen molar-refractivity contribution in [1.29, 1.82) is 0 Å². The fourth-order valence-electron chi connectivity index (χ4n) is 5.54. The highest BCUT2D eigenvalue weighted by Crippen LogP contribution is 2.24. The van der Waals surface area contributed by atoms with Gasteiger partial charge in [-0.3, -0.25) is 19.6 Å². The van der Waals surface area contributed by atoms with Crippen molar-refractivity contribution in [2.45, 2.75) is 38.9 Å². The van der Waals surface area contributed by atoms with Gasteiger partial charge in [0, 0.05) is 55.5 Å². The third-order valence-electron chi connectivity index (χ3n) is 7.86. The molecule has 1 unspecified atom stereocenters. The van der Waals surface area contributed by atoms with Crippen LogP contribution >= 0.6 is 11.3 Å². The van der Waals surface area contributed by atoms with Gasteiger partial charge in [-0.2, -0.15) is 0 Å². The maximum atomic E-state index is 14.4. The highest BCUT2D eigenvalue weighted by Gasteiger charge is 2.34. The molecule has 1 atom stereocenters. The van der Waals surface area contributed by atoms with E-state index in [-0.39, 0.29) is 18.4 Å². The number of aryl methyl sites for hydroxylation is 1. The third-order valence-corrected chi connectivity index (χ3v) is 8.65. The fraction of sp³-hybridized carbons (Fsp3) is 0.194. The first kappa shape index (κ1) is 29.1. The summed E-state index contributed by atoms with van der Waals surface area (Å²) in [5.74, 6) is -0.286. The maximum absolute atomic E-state index is 14.4. The van der Waals surface area contributed by atoms with Crippen LogP contribution in [0.4, 0.5) is 0 Å². The molecule has 0 saturated carbocycles. The first-order valence-corrected chi connectivity index (χ1v) is 15.6. The molecule has 1 aliphatic heterocycles. The Morgan fingerprint density at radius 2 is 1.73 bits per heavy atom. The van der Waals surface area contributed by atoms with E-state index in [0.29, 0.717) is 19.5 Å². The van der Waals surface area contributed by atoms with Gasteiger partial charge in [0.25, 0.3) is 0 Å². The van der Waals surface area contributed by atoms with Gasteiger partial charge < -0.3 is 9.80 Å². The fourth-order valence-corrected chi connectivity index (χ4v) is 6.12. The number of carbonyl (C=O) groups is 2. The Kier molecular flexibility index (Phi) is 8.98. The highest BCUT2D eigenvalue weighted by atomic mass is 32.1. The van der Waals surface area contributed by atoms with Gasteiger partial charge in [-0.05, 0) is 41.7 Å². The van der Waals surface area contributed by atoms with Gasteiger partial charge in [-0.15, -0.1) is 11.3 Å². The Labute approximate surface area is 261 Å². The molecule has 0 radical (unpaired) electrons. The maximum Gasteiger partial charge on any atom is 0.247 e. The molecule has 0 saturated heterocycles. The lowest BCUT2D eigenvalue weighted by Gasteiger charge is -2.37. The number of fused-ring (bicyclic) bond motifs is 1. The zero-order chi connectivity index (χ0) is 30.3. The Hall–Kier alpha value is -4.95. The Bertz CT molecular complexity index is 1750. The molecule has 44 heavy (non-hydrogen) atoms. The van der Waals surface area contributed by atoms with Gasteiger partial charge in [0.1, 0.15) is 6.04 Å². The van der Waals surface area contributed by atoms with Crippen LogP contribution in [0.2, 0.25) is 0 Å². The Morgan fingerprint density at radius 3 is 2.45 bits per heavy atom. The van der Waals surface area contributed by atoms with Crippen molar-refractivity contribution < 1.29 is 9.59 Å². The average molecular weight is 600 g/mol. The molecular formula is C36H33N5O2S. The van der Waals surface area contributed by atoms with Crippen LogP contribution in [0, 0.1) is 6.92 Å². The van der Waals surface area contributed by atoms with Gasteiger partial charge in [-0.1, -0.05) is 78.9 Å². The normalized spacial score (nSPS) is 13.4. The molecule has 7 nitrogen and oxygen atoms in total. The number of benzene rings is 3. The quantitative estimate of drug-likeness (QED) is 0.190. The molecule has 0 aliphatic carbocycles. The minimum absolute atomic E-state index is 0.0502. The summed E-state index contributed by atoms with van der Waals surface area (Å²) in [6.45, 7) is 3.35. The van der Waals surface area contributed by atoms with E-state index in [0.717, 1.165) is 45.1 Å². The van der Waals surface area contributed by atoms with Crippen molar-refractivity contribution in [2.24, 2.45) is 0 Å². The van der Waals surface area contributed by atoms with E-state index < -0.39 is 6.04 Å². The molecule has 0 N–H and O–H groups in total. The smallest absolute Gasteiger partial charge is 0.247 e. The van der Waals surface area contributed by atoms with Crippen LogP contribution in [-0.4, -0.2) is 49.2 Å². The van der Waals surface area contributed by atoms with Crippen molar-refractivity contribution in [3.8, 4) is 11.3 Å². The molecule has 3 heterocycles. The van der Waals surface area contributed by atoms with Crippen molar-refractivity contribution in [3.05, 3.63) is 142 Å². The van der Waals surface area contributed by atoms with Crippen LogP contribution < -0.4 is 0 Å².